The molecule has 5 nitrogen and oxygen atoms in total. The molecule has 0 aliphatic rings. The lowest BCUT2D eigenvalue weighted by atomic mass is 10.0. The van der Waals surface area contributed by atoms with Crippen LogP contribution in [0, 0.1) is 6.92 Å². The molecule has 2 aromatic carbocycles. The maximum Gasteiger partial charge on any atom is 0.262 e. The number of hydrogen-bond donors (Lipinski definition) is 2. The summed E-state index contributed by atoms with van der Waals surface area (Å²) in [4.78, 5) is 24.1. The standard InChI is InChI=1S/C22H28N2O3/c1-5-12-23-22(26)17-7-9-18(10-8-17)24-21(25)14-27-20-13-16(4)6-11-19(20)15(2)3/h6-11,13,15H,5,12,14H2,1-4H3,(H,23,26)(H,24,25). The predicted octanol–water partition coefficient (Wildman–Crippen LogP) is 4.28. The molecule has 0 aliphatic heterocycles. The van der Waals surface area contributed by atoms with Crippen molar-refractivity contribution in [1.82, 2.24) is 5.32 Å². The zero-order valence-corrected chi connectivity index (χ0v) is 16.5. The molecule has 0 heterocycles. The van der Waals surface area contributed by atoms with Gasteiger partial charge in [0.05, 0.1) is 0 Å². The number of anilines is 1. The number of amides is 2. The van der Waals surface area contributed by atoms with Crippen LogP contribution in [0.2, 0.25) is 0 Å². The first-order valence-electron chi connectivity index (χ1n) is 9.32. The highest BCUT2D eigenvalue weighted by atomic mass is 16.5. The molecule has 0 saturated heterocycles. The van der Waals surface area contributed by atoms with Crippen molar-refractivity contribution >= 4 is 17.5 Å². The average Bonchev–Trinajstić information content (AvgIpc) is 2.64. The molecule has 2 rings (SSSR count). The Morgan fingerprint density at radius 2 is 1.78 bits per heavy atom. The molecule has 0 radical (unpaired) electrons. The van der Waals surface area contributed by atoms with Gasteiger partial charge in [0.15, 0.2) is 6.61 Å². The van der Waals surface area contributed by atoms with Gasteiger partial charge in [-0.15, -0.1) is 0 Å². The molecule has 5 heteroatoms. The van der Waals surface area contributed by atoms with Gasteiger partial charge in [-0.05, 0) is 60.7 Å². The molecule has 0 atom stereocenters. The smallest absolute Gasteiger partial charge is 0.262 e. The molecule has 0 aliphatic carbocycles. The normalized spacial score (nSPS) is 10.6. The fourth-order valence-electron chi connectivity index (χ4n) is 2.63. The molecule has 2 amide bonds. The van der Waals surface area contributed by atoms with Crippen LogP contribution in [0.5, 0.6) is 5.75 Å². The maximum atomic E-state index is 12.2. The summed E-state index contributed by atoms with van der Waals surface area (Å²) in [6.07, 6.45) is 0.888. The molecule has 0 fully saturated rings. The van der Waals surface area contributed by atoms with Crippen LogP contribution in [0.1, 0.15) is 54.6 Å². The van der Waals surface area contributed by atoms with Crippen molar-refractivity contribution in [3.63, 3.8) is 0 Å². The summed E-state index contributed by atoms with van der Waals surface area (Å²) in [5, 5.41) is 5.61. The first-order valence-corrected chi connectivity index (χ1v) is 9.32. The van der Waals surface area contributed by atoms with Crippen LogP contribution < -0.4 is 15.4 Å². The number of carbonyl (C=O) groups excluding carboxylic acids is 2. The van der Waals surface area contributed by atoms with E-state index in [0.717, 1.165) is 23.3 Å². The number of benzene rings is 2. The molecule has 144 valence electrons. The molecule has 0 aromatic heterocycles. The number of hydrogen-bond acceptors (Lipinski definition) is 3. The third-order valence-electron chi connectivity index (χ3n) is 4.12. The average molecular weight is 368 g/mol. The van der Waals surface area contributed by atoms with Gasteiger partial charge in [-0.1, -0.05) is 32.9 Å². The van der Waals surface area contributed by atoms with Crippen molar-refractivity contribution in [2.45, 2.75) is 40.0 Å². The second kappa shape index (κ2) is 9.76. The van der Waals surface area contributed by atoms with E-state index in [0.29, 0.717) is 23.7 Å². The van der Waals surface area contributed by atoms with E-state index in [1.54, 1.807) is 24.3 Å². The largest absolute Gasteiger partial charge is 0.483 e. The van der Waals surface area contributed by atoms with E-state index in [1.807, 2.05) is 32.0 Å². The lowest BCUT2D eigenvalue weighted by Crippen LogP contribution is -2.24. The highest BCUT2D eigenvalue weighted by molar-refractivity contribution is 5.96. The highest BCUT2D eigenvalue weighted by Gasteiger charge is 2.11. The molecule has 0 saturated carbocycles. The van der Waals surface area contributed by atoms with E-state index >= 15 is 0 Å². The second-order valence-electron chi connectivity index (χ2n) is 6.87. The Balaban J connectivity index is 1.93. The second-order valence-corrected chi connectivity index (χ2v) is 6.87. The number of rotatable bonds is 8. The van der Waals surface area contributed by atoms with Gasteiger partial charge in [-0.25, -0.2) is 0 Å². The van der Waals surface area contributed by atoms with Crippen molar-refractivity contribution < 1.29 is 14.3 Å². The molecule has 0 bridgehead atoms. The first kappa shape index (κ1) is 20.5. The van der Waals surface area contributed by atoms with Gasteiger partial charge in [0.2, 0.25) is 0 Å². The zero-order valence-electron chi connectivity index (χ0n) is 16.5. The van der Waals surface area contributed by atoms with Crippen LogP contribution in [-0.4, -0.2) is 25.0 Å². The van der Waals surface area contributed by atoms with Crippen LogP contribution in [-0.2, 0) is 4.79 Å². The summed E-state index contributed by atoms with van der Waals surface area (Å²) in [7, 11) is 0. The van der Waals surface area contributed by atoms with E-state index in [4.69, 9.17) is 4.74 Å². The van der Waals surface area contributed by atoms with Crippen LogP contribution in [0.25, 0.3) is 0 Å². The third kappa shape index (κ3) is 6.13. The zero-order chi connectivity index (χ0) is 19.8. The SMILES string of the molecule is CCCNC(=O)c1ccc(NC(=O)COc2cc(C)ccc2C(C)C)cc1. The molecule has 27 heavy (non-hydrogen) atoms. The molecule has 2 N–H and O–H groups in total. The summed E-state index contributed by atoms with van der Waals surface area (Å²) in [5.41, 5.74) is 3.37. The van der Waals surface area contributed by atoms with E-state index in [-0.39, 0.29) is 18.4 Å². The van der Waals surface area contributed by atoms with Gasteiger partial charge in [-0.2, -0.15) is 0 Å². The quantitative estimate of drug-likeness (QED) is 0.731. The van der Waals surface area contributed by atoms with E-state index in [1.165, 1.54) is 0 Å². The number of ether oxygens (including phenoxy) is 1. The number of nitrogens with one attached hydrogen (secondary N) is 2. The summed E-state index contributed by atoms with van der Waals surface area (Å²) in [6, 6.07) is 12.8. The van der Waals surface area contributed by atoms with E-state index in [9.17, 15) is 9.59 Å². The monoisotopic (exact) mass is 368 g/mol. The van der Waals surface area contributed by atoms with Crippen LogP contribution in [0.4, 0.5) is 5.69 Å². The predicted molar refractivity (Wildman–Crippen MR) is 108 cm³/mol. The van der Waals surface area contributed by atoms with Gasteiger partial charge in [0.25, 0.3) is 11.8 Å². The van der Waals surface area contributed by atoms with Gasteiger partial charge in [-0.3, -0.25) is 9.59 Å². The Hall–Kier alpha value is -2.82. The first-order chi connectivity index (χ1) is 12.9. The fourth-order valence-corrected chi connectivity index (χ4v) is 2.63. The van der Waals surface area contributed by atoms with Crippen molar-refractivity contribution in [2.24, 2.45) is 0 Å². The Morgan fingerprint density at radius 1 is 1.07 bits per heavy atom. The molecular weight excluding hydrogens is 340 g/mol. The lowest BCUT2D eigenvalue weighted by Gasteiger charge is -2.15. The Bertz CT molecular complexity index is 783. The molecular formula is C22H28N2O3. The van der Waals surface area contributed by atoms with Gasteiger partial charge in [0.1, 0.15) is 5.75 Å². The fraction of sp³-hybridized carbons (Fsp3) is 0.364. The van der Waals surface area contributed by atoms with Crippen LogP contribution >= 0.6 is 0 Å². The minimum atomic E-state index is -0.241. The Kier molecular flexibility index (Phi) is 7.41. The molecule has 0 spiro atoms. The Labute approximate surface area is 161 Å². The number of aryl methyl sites for hydroxylation is 1. The Morgan fingerprint density at radius 3 is 2.41 bits per heavy atom. The van der Waals surface area contributed by atoms with Crippen molar-refractivity contribution in [2.75, 3.05) is 18.5 Å². The lowest BCUT2D eigenvalue weighted by molar-refractivity contribution is -0.118. The minimum absolute atomic E-state index is 0.0675. The molecule has 0 unspecified atom stereocenters. The highest BCUT2D eigenvalue weighted by Crippen LogP contribution is 2.27. The van der Waals surface area contributed by atoms with Crippen molar-refractivity contribution in [3.8, 4) is 5.75 Å². The van der Waals surface area contributed by atoms with Crippen LogP contribution in [0.15, 0.2) is 42.5 Å². The topological polar surface area (TPSA) is 67.4 Å². The molecule has 2 aromatic rings. The van der Waals surface area contributed by atoms with Gasteiger partial charge >= 0.3 is 0 Å². The van der Waals surface area contributed by atoms with Gasteiger partial charge < -0.3 is 15.4 Å². The van der Waals surface area contributed by atoms with Crippen molar-refractivity contribution in [3.05, 3.63) is 59.2 Å². The number of carbonyl (C=O) groups is 2. The summed E-state index contributed by atoms with van der Waals surface area (Å²) in [5.74, 6) is 0.700. The minimum Gasteiger partial charge on any atom is -0.483 e. The van der Waals surface area contributed by atoms with E-state index in [2.05, 4.69) is 24.5 Å². The summed E-state index contributed by atoms with van der Waals surface area (Å²) < 4.78 is 5.74. The van der Waals surface area contributed by atoms with Crippen LogP contribution in [0.3, 0.4) is 0 Å². The van der Waals surface area contributed by atoms with Crippen molar-refractivity contribution in [1.29, 1.82) is 0 Å². The van der Waals surface area contributed by atoms with Gasteiger partial charge in [0, 0.05) is 17.8 Å². The van der Waals surface area contributed by atoms with E-state index < -0.39 is 0 Å². The summed E-state index contributed by atoms with van der Waals surface area (Å²) in [6.45, 7) is 8.76. The third-order valence-corrected chi connectivity index (χ3v) is 4.12. The maximum absolute atomic E-state index is 12.2. The summed E-state index contributed by atoms with van der Waals surface area (Å²) >= 11 is 0.